The van der Waals surface area contributed by atoms with Crippen molar-refractivity contribution in [1.82, 2.24) is 15.3 Å². The van der Waals surface area contributed by atoms with Gasteiger partial charge in [0.15, 0.2) is 11.5 Å². The molecule has 2 aromatic rings. The number of amides is 1. The van der Waals surface area contributed by atoms with Crippen LogP contribution in [0.5, 0.6) is 11.5 Å². The first kappa shape index (κ1) is 18.0. The molecule has 3 rings (SSSR count). The Morgan fingerprint density at radius 3 is 2.69 bits per heavy atom. The molecule has 0 aliphatic carbocycles. The highest BCUT2D eigenvalue weighted by molar-refractivity contribution is 5.79. The summed E-state index contributed by atoms with van der Waals surface area (Å²) in [6.07, 6.45) is 6.72. The predicted octanol–water partition coefficient (Wildman–Crippen LogP) is 2.03. The van der Waals surface area contributed by atoms with Crippen LogP contribution < -0.4 is 19.7 Å². The summed E-state index contributed by atoms with van der Waals surface area (Å²) in [5, 5.41) is 3.03. The van der Waals surface area contributed by atoms with Crippen molar-refractivity contribution in [3.05, 3.63) is 42.4 Å². The molecule has 26 heavy (non-hydrogen) atoms. The lowest BCUT2D eigenvalue weighted by Gasteiger charge is -2.31. The molecule has 0 bridgehead atoms. The van der Waals surface area contributed by atoms with Crippen molar-refractivity contribution in [2.45, 2.75) is 19.4 Å². The van der Waals surface area contributed by atoms with Gasteiger partial charge in [0, 0.05) is 43.5 Å². The number of nitrogens with one attached hydrogen (secondary N) is 1. The first-order chi connectivity index (χ1) is 12.7. The molecule has 1 aromatic heterocycles. The van der Waals surface area contributed by atoms with E-state index in [4.69, 9.17) is 9.47 Å². The van der Waals surface area contributed by atoms with Gasteiger partial charge in [0.05, 0.1) is 20.4 Å². The lowest BCUT2D eigenvalue weighted by molar-refractivity contribution is -0.125. The molecule has 7 nitrogen and oxygen atoms in total. The average molecular weight is 356 g/mol. The van der Waals surface area contributed by atoms with Gasteiger partial charge in [0.1, 0.15) is 5.82 Å². The number of carbonyl (C=O) groups excluding carboxylic acids is 1. The Hall–Kier alpha value is -2.83. The zero-order valence-electron chi connectivity index (χ0n) is 15.1. The fraction of sp³-hybridized carbons (Fsp3) is 0.421. The minimum atomic E-state index is 0.0134. The number of nitrogens with zero attached hydrogens (tertiary/aromatic N) is 3. The standard InChI is InChI=1S/C19H24N4O3/c1-25-16-5-3-4-15(18(16)26-2)12-22-19(24)14-6-10-23(11-7-14)17-13-20-8-9-21-17/h3-5,8-9,13-14H,6-7,10-12H2,1-2H3,(H,22,24). The predicted molar refractivity (Wildman–Crippen MR) is 98.4 cm³/mol. The summed E-state index contributed by atoms with van der Waals surface area (Å²) in [4.78, 5) is 23.1. The molecule has 1 saturated heterocycles. The van der Waals surface area contributed by atoms with Crippen molar-refractivity contribution in [3.63, 3.8) is 0 Å². The van der Waals surface area contributed by atoms with Gasteiger partial charge in [-0.05, 0) is 18.9 Å². The number of piperidine rings is 1. The van der Waals surface area contributed by atoms with Crippen molar-refractivity contribution in [3.8, 4) is 11.5 Å². The van der Waals surface area contributed by atoms with E-state index in [2.05, 4.69) is 20.2 Å². The van der Waals surface area contributed by atoms with E-state index in [1.54, 1.807) is 32.8 Å². The Kier molecular flexibility index (Phi) is 5.88. The molecule has 7 heteroatoms. The molecule has 0 unspecified atom stereocenters. The minimum absolute atomic E-state index is 0.0134. The van der Waals surface area contributed by atoms with E-state index in [9.17, 15) is 4.79 Å². The van der Waals surface area contributed by atoms with Crippen LogP contribution in [0.1, 0.15) is 18.4 Å². The van der Waals surface area contributed by atoms with Crippen LogP contribution in [0.3, 0.4) is 0 Å². The normalized spacial score (nSPS) is 14.8. The van der Waals surface area contributed by atoms with Gasteiger partial charge in [-0.2, -0.15) is 0 Å². The Balaban J connectivity index is 1.54. The van der Waals surface area contributed by atoms with E-state index in [-0.39, 0.29) is 11.8 Å². The number of carbonyl (C=O) groups is 1. The highest BCUT2D eigenvalue weighted by atomic mass is 16.5. The number of hydrogen-bond donors (Lipinski definition) is 1. The number of aromatic nitrogens is 2. The number of rotatable bonds is 6. The van der Waals surface area contributed by atoms with E-state index in [1.165, 1.54) is 0 Å². The minimum Gasteiger partial charge on any atom is -0.493 e. The molecule has 1 aromatic carbocycles. The number of benzene rings is 1. The van der Waals surface area contributed by atoms with Gasteiger partial charge >= 0.3 is 0 Å². The zero-order valence-corrected chi connectivity index (χ0v) is 15.1. The van der Waals surface area contributed by atoms with Crippen LogP contribution in [0.15, 0.2) is 36.8 Å². The molecule has 138 valence electrons. The van der Waals surface area contributed by atoms with Crippen molar-refractivity contribution in [2.75, 3.05) is 32.2 Å². The van der Waals surface area contributed by atoms with Crippen LogP contribution in [0, 0.1) is 5.92 Å². The summed E-state index contributed by atoms with van der Waals surface area (Å²) < 4.78 is 10.7. The molecule has 0 atom stereocenters. The SMILES string of the molecule is COc1cccc(CNC(=O)C2CCN(c3cnccn3)CC2)c1OC. The lowest BCUT2D eigenvalue weighted by atomic mass is 9.96. The average Bonchev–Trinajstić information content (AvgIpc) is 2.72. The molecule has 1 fully saturated rings. The highest BCUT2D eigenvalue weighted by Gasteiger charge is 2.25. The quantitative estimate of drug-likeness (QED) is 0.853. The topological polar surface area (TPSA) is 76.6 Å². The second-order valence-electron chi connectivity index (χ2n) is 6.20. The first-order valence-corrected chi connectivity index (χ1v) is 8.71. The third kappa shape index (κ3) is 4.04. The van der Waals surface area contributed by atoms with Gasteiger partial charge in [0.25, 0.3) is 0 Å². The van der Waals surface area contributed by atoms with Gasteiger partial charge in [-0.25, -0.2) is 4.98 Å². The second-order valence-corrected chi connectivity index (χ2v) is 6.20. The number of hydrogen-bond acceptors (Lipinski definition) is 6. The third-order valence-corrected chi connectivity index (χ3v) is 4.68. The van der Waals surface area contributed by atoms with Crippen molar-refractivity contribution in [1.29, 1.82) is 0 Å². The van der Waals surface area contributed by atoms with E-state index in [0.29, 0.717) is 18.0 Å². The van der Waals surface area contributed by atoms with Crippen LogP contribution in [0.4, 0.5) is 5.82 Å². The molecule has 1 amide bonds. The van der Waals surface area contributed by atoms with Crippen LogP contribution in [-0.2, 0) is 11.3 Å². The lowest BCUT2D eigenvalue weighted by Crippen LogP contribution is -2.40. The number of anilines is 1. The van der Waals surface area contributed by atoms with E-state index in [0.717, 1.165) is 37.3 Å². The van der Waals surface area contributed by atoms with Gasteiger partial charge in [-0.15, -0.1) is 0 Å². The number of ether oxygens (including phenoxy) is 2. The number of methoxy groups -OCH3 is 2. The van der Waals surface area contributed by atoms with Gasteiger partial charge in [0.2, 0.25) is 5.91 Å². The molecule has 1 N–H and O–H groups in total. The molecule has 0 radical (unpaired) electrons. The van der Waals surface area contributed by atoms with Gasteiger partial charge < -0.3 is 19.7 Å². The van der Waals surface area contributed by atoms with Crippen molar-refractivity contribution < 1.29 is 14.3 Å². The van der Waals surface area contributed by atoms with Crippen LogP contribution in [0.25, 0.3) is 0 Å². The van der Waals surface area contributed by atoms with E-state index in [1.807, 2.05) is 18.2 Å². The molecular formula is C19H24N4O3. The third-order valence-electron chi connectivity index (χ3n) is 4.68. The highest BCUT2D eigenvalue weighted by Crippen LogP contribution is 2.30. The van der Waals surface area contributed by atoms with Crippen LogP contribution in [0.2, 0.25) is 0 Å². The molecule has 0 saturated carbocycles. The summed E-state index contributed by atoms with van der Waals surface area (Å²) in [5.74, 6) is 2.28. The maximum absolute atomic E-state index is 12.5. The van der Waals surface area contributed by atoms with E-state index >= 15 is 0 Å². The number of para-hydroxylation sites is 1. The summed E-state index contributed by atoms with van der Waals surface area (Å²) in [5.41, 5.74) is 0.900. The fourth-order valence-corrected chi connectivity index (χ4v) is 3.24. The summed E-state index contributed by atoms with van der Waals surface area (Å²) >= 11 is 0. The summed E-state index contributed by atoms with van der Waals surface area (Å²) in [6.45, 7) is 2.03. The van der Waals surface area contributed by atoms with Gasteiger partial charge in [-0.1, -0.05) is 12.1 Å². The fourth-order valence-electron chi connectivity index (χ4n) is 3.24. The maximum atomic E-state index is 12.5. The van der Waals surface area contributed by atoms with E-state index < -0.39 is 0 Å². The zero-order chi connectivity index (χ0) is 18.4. The van der Waals surface area contributed by atoms with Crippen molar-refractivity contribution in [2.24, 2.45) is 5.92 Å². The van der Waals surface area contributed by atoms with Gasteiger partial charge in [-0.3, -0.25) is 9.78 Å². The maximum Gasteiger partial charge on any atom is 0.223 e. The first-order valence-electron chi connectivity index (χ1n) is 8.71. The Morgan fingerprint density at radius 1 is 1.23 bits per heavy atom. The Labute approximate surface area is 153 Å². The Bertz CT molecular complexity index is 731. The largest absolute Gasteiger partial charge is 0.493 e. The smallest absolute Gasteiger partial charge is 0.223 e. The van der Waals surface area contributed by atoms with Crippen LogP contribution >= 0.6 is 0 Å². The monoisotopic (exact) mass is 356 g/mol. The molecule has 1 aliphatic rings. The van der Waals surface area contributed by atoms with Crippen molar-refractivity contribution >= 4 is 11.7 Å². The molecule has 2 heterocycles. The van der Waals surface area contributed by atoms with Crippen LogP contribution in [-0.4, -0.2) is 43.2 Å². The molecular weight excluding hydrogens is 332 g/mol. The Morgan fingerprint density at radius 2 is 2.04 bits per heavy atom. The molecule has 0 spiro atoms. The second kappa shape index (κ2) is 8.51. The summed E-state index contributed by atoms with van der Waals surface area (Å²) in [7, 11) is 3.20. The summed E-state index contributed by atoms with van der Waals surface area (Å²) in [6, 6.07) is 5.66. The molecule has 1 aliphatic heterocycles.